The van der Waals surface area contributed by atoms with Crippen LogP contribution in [-0.2, 0) is 0 Å². The molecule has 0 amide bonds. The molecule has 0 aliphatic heterocycles. The average Bonchev–Trinajstić information content (AvgIpc) is 2.37. The van der Waals surface area contributed by atoms with Crippen LogP contribution in [0.2, 0.25) is 0 Å². The van der Waals surface area contributed by atoms with Gasteiger partial charge in [0.2, 0.25) is 5.82 Å². The van der Waals surface area contributed by atoms with Gasteiger partial charge in [-0.2, -0.15) is 4.39 Å². The maximum atomic E-state index is 13.6. The third kappa shape index (κ3) is 3.13. The van der Waals surface area contributed by atoms with Crippen LogP contribution < -0.4 is 5.32 Å². The molecule has 1 unspecified atom stereocenters. The molecule has 21 heavy (non-hydrogen) atoms. The van der Waals surface area contributed by atoms with Crippen molar-refractivity contribution >= 4 is 11.4 Å². The second-order valence-corrected chi connectivity index (χ2v) is 4.43. The second-order valence-electron chi connectivity index (χ2n) is 4.43. The fraction of sp³-hybridized carbons (Fsp3) is 0.143. The summed E-state index contributed by atoms with van der Waals surface area (Å²) in [6.45, 7) is 1.53. The molecular formula is C14H11F3N2O2. The summed E-state index contributed by atoms with van der Waals surface area (Å²) < 4.78 is 40.4. The minimum Gasteiger partial charge on any atom is -0.373 e. The molecule has 0 bridgehead atoms. The summed E-state index contributed by atoms with van der Waals surface area (Å²) in [7, 11) is 0. The van der Waals surface area contributed by atoms with Gasteiger partial charge in [-0.25, -0.2) is 8.78 Å². The lowest BCUT2D eigenvalue weighted by Gasteiger charge is -2.16. The zero-order valence-electron chi connectivity index (χ0n) is 10.9. The summed E-state index contributed by atoms with van der Waals surface area (Å²) in [6, 6.07) is 6.33. The maximum absolute atomic E-state index is 13.6. The first-order valence-corrected chi connectivity index (χ1v) is 6.04. The minimum atomic E-state index is -1.29. The highest BCUT2D eigenvalue weighted by atomic mass is 19.1. The highest BCUT2D eigenvalue weighted by molar-refractivity contribution is 5.63. The normalized spacial score (nSPS) is 12.0. The van der Waals surface area contributed by atoms with Crippen molar-refractivity contribution in [2.24, 2.45) is 0 Å². The van der Waals surface area contributed by atoms with Crippen molar-refractivity contribution in [3.05, 3.63) is 69.5 Å². The molecule has 0 saturated heterocycles. The van der Waals surface area contributed by atoms with E-state index in [9.17, 15) is 23.3 Å². The molecule has 0 fully saturated rings. The van der Waals surface area contributed by atoms with Crippen LogP contribution in [0, 0.1) is 27.6 Å². The summed E-state index contributed by atoms with van der Waals surface area (Å²) in [5.41, 5.74) is -0.982. The largest absolute Gasteiger partial charge is 0.373 e. The highest BCUT2D eigenvalue weighted by Crippen LogP contribution is 2.32. The van der Waals surface area contributed by atoms with Gasteiger partial charge in [0.15, 0.2) is 0 Å². The second kappa shape index (κ2) is 5.82. The predicted molar refractivity (Wildman–Crippen MR) is 71.5 cm³/mol. The molecule has 2 rings (SSSR count). The maximum Gasteiger partial charge on any atom is 0.327 e. The summed E-state index contributed by atoms with van der Waals surface area (Å²) in [5.74, 6) is -2.76. The van der Waals surface area contributed by atoms with Gasteiger partial charge in [-0.1, -0.05) is 18.2 Å². The standard InChI is InChI=1S/C14H11F3N2O2/c1-8(10-4-2-3-5-11(10)16)18-13-7-9(15)6-12(17)14(13)19(20)21/h2-8,18H,1H3. The molecule has 0 radical (unpaired) electrons. The SMILES string of the molecule is CC(Nc1cc(F)cc(F)c1[N+](=O)[O-])c1ccccc1F. The van der Waals surface area contributed by atoms with Crippen LogP contribution >= 0.6 is 0 Å². The van der Waals surface area contributed by atoms with E-state index >= 15 is 0 Å². The lowest BCUT2D eigenvalue weighted by Crippen LogP contribution is -2.11. The average molecular weight is 296 g/mol. The van der Waals surface area contributed by atoms with Crippen molar-refractivity contribution in [2.75, 3.05) is 5.32 Å². The van der Waals surface area contributed by atoms with Crippen molar-refractivity contribution in [1.29, 1.82) is 0 Å². The van der Waals surface area contributed by atoms with Gasteiger partial charge in [-0.3, -0.25) is 10.1 Å². The monoisotopic (exact) mass is 296 g/mol. The summed E-state index contributed by atoms with van der Waals surface area (Å²) in [4.78, 5) is 9.91. The van der Waals surface area contributed by atoms with E-state index in [4.69, 9.17) is 0 Å². The number of hydrogen-bond acceptors (Lipinski definition) is 3. The Morgan fingerprint density at radius 1 is 1.14 bits per heavy atom. The molecule has 0 aliphatic rings. The molecule has 110 valence electrons. The van der Waals surface area contributed by atoms with E-state index in [1.165, 1.54) is 25.1 Å². The molecule has 1 N–H and O–H groups in total. The Morgan fingerprint density at radius 2 is 1.81 bits per heavy atom. The number of halogens is 3. The zero-order chi connectivity index (χ0) is 15.6. The summed E-state index contributed by atoms with van der Waals surface area (Å²) in [6.07, 6.45) is 0. The lowest BCUT2D eigenvalue weighted by atomic mass is 10.1. The Balaban J connectivity index is 2.40. The molecule has 1 atom stereocenters. The van der Waals surface area contributed by atoms with E-state index in [-0.39, 0.29) is 11.3 Å². The van der Waals surface area contributed by atoms with Gasteiger partial charge in [-0.05, 0) is 13.0 Å². The van der Waals surface area contributed by atoms with Gasteiger partial charge in [0.1, 0.15) is 17.3 Å². The Morgan fingerprint density at radius 3 is 2.43 bits per heavy atom. The van der Waals surface area contributed by atoms with Gasteiger partial charge in [-0.15, -0.1) is 0 Å². The molecule has 7 heteroatoms. The van der Waals surface area contributed by atoms with E-state index in [1.54, 1.807) is 6.07 Å². The third-order valence-electron chi connectivity index (χ3n) is 2.95. The molecule has 0 aliphatic carbocycles. The molecule has 0 spiro atoms. The summed E-state index contributed by atoms with van der Waals surface area (Å²) in [5, 5.41) is 13.4. The van der Waals surface area contributed by atoms with E-state index in [0.29, 0.717) is 6.07 Å². The van der Waals surface area contributed by atoms with E-state index in [2.05, 4.69) is 5.32 Å². The number of hydrogen-bond donors (Lipinski definition) is 1. The lowest BCUT2D eigenvalue weighted by molar-refractivity contribution is -0.386. The van der Waals surface area contributed by atoms with Crippen molar-refractivity contribution in [1.82, 2.24) is 0 Å². The quantitative estimate of drug-likeness (QED) is 0.680. The Labute approximate surface area is 118 Å². The topological polar surface area (TPSA) is 55.2 Å². The predicted octanol–water partition coefficient (Wildman–Crippen LogP) is 4.19. The molecule has 0 heterocycles. The number of nitro benzene ring substituents is 1. The Kier molecular flexibility index (Phi) is 4.11. The van der Waals surface area contributed by atoms with Crippen molar-refractivity contribution in [3.8, 4) is 0 Å². The number of nitro groups is 1. The van der Waals surface area contributed by atoms with Crippen LogP contribution in [0.4, 0.5) is 24.5 Å². The van der Waals surface area contributed by atoms with Crippen LogP contribution in [0.1, 0.15) is 18.5 Å². The molecule has 2 aromatic carbocycles. The number of benzene rings is 2. The van der Waals surface area contributed by atoms with Gasteiger partial charge in [0, 0.05) is 17.7 Å². The molecule has 0 aromatic heterocycles. The fourth-order valence-corrected chi connectivity index (χ4v) is 2.00. The van der Waals surface area contributed by atoms with Crippen molar-refractivity contribution in [3.63, 3.8) is 0 Å². The molecule has 2 aromatic rings. The first kappa shape index (κ1) is 14.8. The third-order valence-corrected chi connectivity index (χ3v) is 2.95. The number of nitrogens with one attached hydrogen (secondary N) is 1. The zero-order valence-corrected chi connectivity index (χ0v) is 10.9. The first-order valence-electron chi connectivity index (χ1n) is 6.04. The smallest absolute Gasteiger partial charge is 0.327 e. The van der Waals surface area contributed by atoms with Crippen LogP contribution in [0.15, 0.2) is 36.4 Å². The van der Waals surface area contributed by atoms with Crippen molar-refractivity contribution < 1.29 is 18.1 Å². The van der Waals surface area contributed by atoms with E-state index < -0.39 is 34.1 Å². The van der Waals surface area contributed by atoms with Crippen LogP contribution in [-0.4, -0.2) is 4.92 Å². The van der Waals surface area contributed by atoms with Crippen LogP contribution in [0.25, 0.3) is 0 Å². The minimum absolute atomic E-state index is 0.233. The molecule has 0 saturated carbocycles. The highest BCUT2D eigenvalue weighted by Gasteiger charge is 2.23. The van der Waals surface area contributed by atoms with Crippen LogP contribution in [0.5, 0.6) is 0 Å². The van der Waals surface area contributed by atoms with Gasteiger partial charge < -0.3 is 5.32 Å². The number of anilines is 1. The first-order chi connectivity index (χ1) is 9.90. The number of rotatable bonds is 4. The van der Waals surface area contributed by atoms with Gasteiger partial charge in [0.25, 0.3) is 0 Å². The molecule has 4 nitrogen and oxygen atoms in total. The van der Waals surface area contributed by atoms with Gasteiger partial charge in [0.05, 0.1) is 11.0 Å². The van der Waals surface area contributed by atoms with E-state index in [1.807, 2.05) is 0 Å². The molecular weight excluding hydrogens is 285 g/mol. The van der Waals surface area contributed by atoms with Crippen LogP contribution in [0.3, 0.4) is 0 Å². The Bertz CT molecular complexity index is 692. The van der Waals surface area contributed by atoms with Gasteiger partial charge >= 0.3 is 5.69 Å². The Hall–Kier alpha value is -2.57. The van der Waals surface area contributed by atoms with Crippen molar-refractivity contribution in [2.45, 2.75) is 13.0 Å². The summed E-state index contributed by atoms with van der Waals surface area (Å²) >= 11 is 0. The fourth-order valence-electron chi connectivity index (χ4n) is 2.00. The number of nitrogens with zero attached hydrogens (tertiary/aromatic N) is 1. The van der Waals surface area contributed by atoms with E-state index in [0.717, 1.165) is 6.07 Å².